The highest BCUT2D eigenvalue weighted by molar-refractivity contribution is 5.96. The van der Waals surface area contributed by atoms with E-state index in [0.717, 1.165) is 31.2 Å². The van der Waals surface area contributed by atoms with Crippen LogP contribution in [-0.2, 0) is 6.42 Å². The first-order valence-corrected chi connectivity index (χ1v) is 8.01. The Morgan fingerprint density at radius 1 is 1.25 bits per heavy atom. The average molecular weight is 273 g/mol. The third kappa shape index (κ3) is 3.69. The van der Waals surface area contributed by atoms with Gasteiger partial charge in [0, 0.05) is 12.0 Å². The van der Waals surface area contributed by atoms with Gasteiger partial charge in [-0.15, -0.1) is 0 Å². The summed E-state index contributed by atoms with van der Waals surface area (Å²) >= 11 is 0. The second-order valence-electron chi connectivity index (χ2n) is 6.32. The smallest absolute Gasteiger partial charge is 0.163 e. The van der Waals surface area contributed by atoms with Crippen LogP contribution >= 0.6 is 0 Å². The zero-order valence-corrected chi connectivity index (χ0v) is 12.7. The Bertz CT molecular complexity index is 446. The molecule has 0 aromatic heterocycles. The van der Waals surface area contributed by atoms with Gasteiger partial charge in [0.2, 0.25) is 0 Å². The summed E-state index contributed by atoms with van der Waals surface area (Å²) in [7, 11) is 0. The molecule has 1 aromatic rings. The van der Waals surface area contributed by atoms with Gasteiger partial charge in [0.05, 0.1) is 0 Å². The number of carbonyl (C=O) groups excluding carboxylic acids is 1. The SMILES string of the molecule is CCCc1cccc(C(=O)CC2(CN)CCCCC2)c1. The van der Waals surface area contributed by atoms with Crippen molar-refractivity contribution in [1.29, 1.82) is 0 Å². The fraction of sp³-hybridized carbons (Fsp3) is 0.611. The van der Waals surface area contributed by atoms with E-state index in [2.05, 4.69) is 19.1 Å². The van der Waals surface area contributed by atoms with Crippen LogP contribution < -0.4 is 5.73 Å². The van der Waals surface area contributed by atoms with Crippen molar-refractivity contribution >= 4 is 5.78 Å². The molecule has 0 amide bonds. The third-order valence-electron chi connectivity index (χ3n) is 4.67. The van der Waals surface area contributed by atoms with Crippen molar-refractivity contribution in [2.75, 3.05) is 6.54 Å². The molecule has 0 unspecified atom stereocenters. The first-order chi connectivity index (χ1) is 9.69. The summed E-state index contributed by atoms with van der Waals surface area (Å²) in [5.41, 5.74) is 8.19. The van der Waals surface area contributed by atoms with Gasteiger partial charge in [-0.3, -0.25) is 4.79 Å². The number of benzene rings is 1. The number of hydrogen-bond donors (Lipinski definition) is 1. The van der Waals surface area contributed by atoms with Gasteiger partial charge < -0.3 is 5.73 Å². The Labute approximate surface area is 122 Å². The Hall–Kier alpha value is -1.15. The van der Waals surface area contributed by atoms with Gasteiger partial charge >= 0.3 is 0 Å². The fourth-order valence-corrected chi connectivity index (χ4v) is 3.39. The summed E-state index contributed by atoms with van der Waals surface area (Å²) in [6, 6.07) is 8.14. The number of nitrogens with two attached hydrogens (primary N) is 1. The number of aryl methyl sites for hydroxylation is 1. The molecular weight excluding hydrogens is 246 g/mol. The van der Waals surface area contributed by atoms with Gasteiger partial charge in [-0.2, -0.15) is 0 Å². The zero-order valence-electron chi connectivity index (χ0n) is 12.7. The molecule has 2 heteroatoms. The Morgan fingerprint density at radius 3 is 2.65 bits per heavy atom. The highest BCUT2D eigenvalue weighted by Crippen LogP contribution is 2.39. The number of ketones is 1. The molecule has 0 spiro atoms. The van der Waals surface area contributed by atoms with Crippen molar-refractivity contribution in [3.8, 4) is 0 Å². The molecule has 2 N–H and O–H groups in total. The molecule has 1 aromatic carbocycles. The number of hydrogen-bond acceptors (Lipinski definition) is 2. The number of Topliss-reactive ketones (excluding diaryl/α,β-unsaturated/α-hetero) is 1. The van der Waals surface area contributed by atoms with E-state index in [4.69, 9.17) is 5.73 Å². The minimum absolute atomic E-state index is 0.0656. The van der Waals surface area contributed by atoms with Crippen LogP contribution in [0.5, 0.6) is 0 Å². The minimum atomic E-state index is 0.0656. The molecule has 0 saturated heterocycles. The van der Waals surface area contributed by atoms with Crippen LogP contribution in [0.25, 0.3) is 0 Å². The maximum Gasteiger partial charge on any atom is 0.163 e. The quantitative estimate of drug-likeness (QED) is 0.792. The van der Waals surface area contributed by atoms with E-state index < -0.39 is 0 Å². The predicted molar refractivity (Wildman–Crippen MR) is 84.0 cm³/mol. The van der Waals surface area contributed by atoms with E-state index in [1.54, 1.807) is 0 Å². The summed E-state index contributed by atoms with van der Waals surface area (Å²) in [6.45, 7) is 2.81. The van der Waals surface area contributed by atoms with Gasteiger partial charge in [0.15, 0.2) is 5.78 Å². The van der Waals surface area contributed by atoms with Crippen LogP contribution in [0, 0.1) is 5.41 Å². The lowest BCUT2D eigenvalue weighted by Gasteiger charge is -2.35. The lowest BCUT2D eigenvalue weighted by molar-refractivity contribution is 0.0868. The molecule has 0 bridgehead atoms. The average Bonchev–Trinajstić information content (AvgIpc) is 2.49. The van der Waals surface area contributed by atoms with Crippen molar-refractivity contribution in [3.63, 3.8) is 0 Å². The van der Waals surface area contributed by atoms with Crippen LogP contribution in [0.15, 0.2) is 24.3 Å². The molecule has 20 heavy (non-hydrogen) atoms. The molecule has 0 atom stereocenters. The molecule has 0 heterocycles. The number of carbonyl (C=O) groups is 1. The highest BCUT2D eigenvalue weighted by Gasteiger charge is 2.33. The summed E-state index contributed by atoms with van der Waals surface area (Å²) in [5.74, 6) is 0.273. The van der Waals surface area contributed by atoms with Crippen LogP contribution in [0.1, 0.15) is 67.8 Å². The molecule has 2 rings (SSSR count). The van der Waals surface area contributed by atoms with Gasteiger partial charge in [-0.25, -0.2) is 0 Å². The predicted octanol–water partition coefficient (Wildman–Crippen LogP) is 4.12. The molecular formula is C18H27NO. The van der Waals surface area contributed by atoms with E-state index in [1.807, 2.05) is 12.1 Å². The maximum absolute atomic E-state index is 12.6. The van der Waals surface area contributed by atoms with Gasteiger partial charge in [-0.05, 0) is 42.9 Å². The van der Waals surface area contributed by atoms with Gasteiger partial charge in [0.1, 0.15) is 0 Å². The van der Waals surface area contributed by atoms with E-state index in [-0.39, 0.29) is 11.2 Å². The fourth-order valence-electron chi connectivity index (χ4n) is 3.39. The summed E-state index contributed by atoms with van der Waals surface area (Å²) < 4.78 is 0. The van der Waals surface area contributed by atoms with E-state index in [0.29, 0.717) is 13.0 Å². The minimum Gasteiger partial charge on any atom is -0.330 e. The van der Waals surface area contributed by atoms with Crippen molar-refractivity contribution in [2.24, 2.45) is 11.1 Å². The largest absolute Gasteiger partial charge is 0.330 e. The lowest BCUT2D eigenvalue weighted by Crippen LogP contribution is -2.35. The van der Waals surface area contributed by atoms with E-state index in [1.165, 1.54) is 24.8 Å². The zero-order chi connectivity index (χ0) is 14.4. The van der Waals surface area contributed by atoms with Crippen LogP contribution in [0.4, 0.5) is 0 Å². The molecule has 0 radical (unpaired) electrons. The second-order valence-corrected chi connectivity index (χ2v) is 6.32. The van der Waals surface area contributed by atoms with E-state index in [9.17, 15) is 4.79 Å². The Morgan fingerprint density at radius 2 is 2.00 bits per heavy atom. The summed E-state index contributed by atoms with van der Waals surface area (Å²) in [4.78, 5) is 12.6. The van der Waals surface area contributed by atoms with Crippen LogP contribution in [0.2, 0.25) is 0 Å². The topological polar surface area (TPSA) is 43.1 Å². The normalized spacial score (nSPS) is 17.9. The third-order valence-corrected chi connectivity index (χ3v) is 4.67. The van der Waals surface area contributed by atoms with Gasteiger partial charge in [0.25, 0.3) is 0 Å². The van der Waals surface area contributed by atoms with Crippen LogP contribution in [0.3, 0.4) is 0 Å². The standard InChI is InChI=1S/C18H27NO/c1-2-7-15-8-6-9-16(12-15)17(20)13-18(14-19)10-4-3-5-11-18/h6,8-9,12H,2-5,7,10-11,13-14,19H2,1H3. The molecule has 2 nitrogen and oxygen atoms in total. The molecule has 1 aliphatic carbocycles. The first kappa shape index (κ1) is 15.2. The molecule has 0 aliphatic heterocycles. The molecule has 1 aliphatic rings. The maximum atomic E-state index is 12.6. The van der Waals surface area contributed by atoms with Gasteiger partial charge in [-0.1, -0.05) is 50.8 Å². The van der Waals surface area contributed by atoms with Crippen LogP contribution in [-0.4, -0.2) is 12.3 Å². The van der Waals surface area contributed by atoms with E-state index >= 15 is 0 Å². The molecule has 1 fully saturated rings. The van der Waals surface area contributed by atoms with Crippen molar-refractivity contribution in [3.05, 3.63) is 35.4 Å². The Balaban J connectivity index is 2.08. The first-order valence-electron chi connectivity index (χ1n) is 8.01. The molecule has 1 saturated carbocycles. The summed E-state index contributed by atoms with van der Waals surface area (Å²) in [6.07, 6.45) is 8.75. The second kappa shape index (κ2) is 7.03. The molecule has 110 valence electrons. The monoisotopic (exact) mass is 273 g/mol. The van der Waals surface area contributed by atoms with Crippen molar-refractivity contribution < 1.29 is 4.79 Å². The van der Waals surface area contributed by atoms with Crippen molar-refractivity contribution in [2.45, 2.75) is 58.3 Å². The highest BCUT2D eigenvalue weighted by atomic mass is 16.1. The lowest BCUT2D eigenvalue weighted by atomic mass is 9.70. The Kier molecular flexibility index (Phi) is 5.36. The number of rotatable bonds is 6. The summed E-state index contributed by atoms with van der Waals surface area (Å²) in [5, 5.41) is 0. The van der Waals surface area contributed by atoms with Crippen molar-refractivity contribution in [1.82, 2.24) is 0 Å².